The number of amides is 1. The maximum atomic E-state index is 12.1. The first-order valence-electron chi connectivity index (χ1n) is 10.6. The number of ether oxygens (including phenoxy) is 3. The average molecular weight is 417 g/mol. The van der Waals surface area contributed by atoms with E-state index in [-0.39, 0.29) is 12.1 Å². The summed E-state index contributed by atoms with van der Waals surface area (Å²) in [6.45, 7) is 13.4. The van der Waals surface area contributed by atoms with Crippen molar-refractivity contribution in [1.29, 1.82) is 0 Å². The zero-order chi connectivity index (χ0) is 22.3. The van der Waals surface area contributed by atoms with Gasteiger partial charge in [0.05, 0.1) is 13.2 Å². The van der Waals surface area contributed by atoms with E-state index in [9.17, 15) is 4.79 Å². The molecule has 1 amide bonds. The fourth-order valence-electron chi connectivity index (χ4n) is 2.63. The van der Waals surface area contributed by atoms with Gasteiger partial charge in [-0.05, 0) is 46.0 Å². The van der Waals surface area contributed by atoms with E-state index < -0.39 is 5.60 Å². The molecule has 1 atom stereocenters. The third-order valence-corrected chi connectivity index (χ3v) is 4.29. The highest BCUT2D eigenvalue weighted by Crippen LogP contribution is 2.11. The average Bonchev–Trinajstić information content (AvgIpc) is 2.62. The lowest BCUT2D eigenvalue weighted by Gasteiger charge is -2.28. The molecule has 0 aliphatic rings. The molecule has 0 bridgehead atoms. The zero-order valence-corrected chi connectivity index (χ0v) is 19.8. The normalized spacial score (nSPS) is 13.3. The standard InChI is InChI=1S/C21H44N4O4/c1-17(2)18(24-20(26)29-21(3,4)5)11-13-25(7)19(22-6)23-12-9-10-14-28-16-15-27-8/h17-18H,9-16H2,1-8H3,(H,22,23)(H,24,26). The van der Waals surface area contributed by atoms with Crippen LogP contribution < -0.4 is 10.6 Å². The highest BCUT2D eigenvalue weighted by atomic mass is 16.6. The van der Waals surface area contributed by atoms with Crippen LogP contribution in [-0.2, 0) is 14.2 Å². The number of methoxy groups -OCH3 is 1. The maximum Gasteiger partial charge on any atom is 0.407 e. The molecule has 0 spiro atoms. The van der Waals surface area contributed by atoms with Crippen LogP contribution in [0.4, 0.5) is 4.79 Å². The molecule has 0 aliphatic carbocycles. The number of carbonyl (C=O) groups excluding carboxylic acids is 1. The number of nitrogens with one attached hydrogen (secondary N) is 2. The first kappa shape index (κ1) is 27.5. The predicted octanol–water partition coefficient (Wildman–Crippen LogP) is 2.88. The summed E-state index contributed by atoms with van der Waals surface area (Å²) in [5.41, 5.74) is -0.497. The molecule has 0 saturated heterocycles. The monoisotopic (exact) mass is 416 g/mol. The van der Waals surface area contributed by atoms with E-state index >= 15 is 0 Å². The number of hydrogen-bond acceptors (Lipinski definition) is 5. The van der Waals surface area contributed by atoms with Crippen molar-refractivity contribution in [3.8, 4) is 0 Å². The molecule has 0 heterocycles. The van der Waals surface area contributed by atoms with Crippen LogP contribution in [0.1, 0.15) is 53.9 Å². The van der Waals surface area contributed by atoms with E-state index in [4.69, 9.17) is 14.2 Å². The molecule has 0 aliphatic heterocycles. The second-order valence-corrected chi connectivity index (χ2v) is 8.49. The van der Waals surface area contributed by atoms with Gasteiger partial charge in [0.15, 0.2) is 5.96 Å². The Hall–Kier alpha value is -1.54. The minimum absolute atomic E-state index is 0.0367. The van der Waals surface area contributed by atoms with E-state index in [2.05, 4.69) is 34.4 Å². The molecule has 1 unspecified atom stereocenters. The van der Waals surface area contributed by atoms with Gasteiger partial charge < -0.3 is 29.7 Å². The van der Waals surface area contributed by atoms with Gasteiger partial charge >= 0.3 is 6.09 Å². The van der Waals surface area contributed by atoms with Gasteiger partial charge in [0.2, 0.25) is 0 Å². The molecule has 0 aromatic rings. The Balaban J connectivity index is 4.26. The molecule has 8 heteroatoms. The van der Waals surface area contributed by atoms with Crippen LogP contribution in [0.15, 0.2) is 4.99 Å². The summed E-state index contributed by atoms with van der Waals surface area (Å²) in [6, 6.07) is 0.0367. The van der Waals surface area contributed by atoms with Gasteiger partial charge in [0.1, 0.15) is 5.60 Å². The van der Waals surface area contributed by atoms with Gasteiger partial charge in [-0.3, -0.25) is 4.99 Å². The molecule has 2 N–H and O–H groups in total. The number of hydrogen-bond donors (Lipinski definition) is 2. The van der Waals surface area contributed by atoms with Crippen molar-refractivity contribution in [3.63, 3.8) is 0 Å². The SMILES string of the molecule is CN=C(NCCCCOCCOC)N(C)CCC(NC(=O)OC(C)(C)C)C(C)C. The topological polar surface area (TPSA) is 84.4 Å². The lowest BCUT2D eigenvalue weighted by Crippen LogP contribution is -2.45. The van der Waals surface area contributed by atoms with Crippen LogP contribution in [0.5, 0.6) is 0 Å². The van der Waals surface area contributed by atoms with E-state index in [0.29, 0.717) is 19.1 Å². The molecule has 0 rings (SSSR count). The minimum atomic E-state index is -0.497. The molecule has 0 aromatic carbocycles. The van der Waals surface area contributed by atoms with Gasteiger partial charge in [-0.15, -0.1) is 0 Å². The summed E-state index contributed by atoms with van der Waals surface area (Å²) in [7, 11) is 5.46. The van der Waals surface area contributed by atoms with Gasteiger partial charge in [0, 0.05) is 46.9 Å². The van der Waals surface area contributed by atoms with Gasteiger partial charge in [0.25, 0.3) is 0 Å². The molecule has 29 heavy (non-hydrogen) atoms. The quantitative estimate of drug-likeness (QED) is 0.273. The molecule has 8 nitrogen and oxygen atoms in total. The predicted molar refractivity (Wildman–Crippen MR) is 119 cm³/mol. The maximum absolute atomic E-state index is 12.1. The summed E-state index contributed by atoms with van der Waals surface area (Å²) >= 11 is 0. The van der Waals surface area contributed by atoms with Crippen molar-refractivity contribution >= 4 is 12.1 Å². The van der Waals surface area contributed by atoms with Crippen LogP contribution in [0.3, 0.4) is 0 Å². The summed E-state index contributed by atoms with van der Waals surface area (Å²) in [4.78, 5) is 18.5. The first-order chi connectivity index (χ1) is 13.6. The Morgan fingerprint density at radius 3 is 2.38 bits per heavy atom. The number of aliphatic imine (C=N–C) groups is 1. The summed E-state index contributed by atoms with van der Waals surface area (Å²) in [5, 5.41) is 6.37. The van der Waals surface area contributed by atoms with E-state index in [0.717, 1.165) is 44.9 Å². The summed E-state index contributed by atoms with van der Waals surface area (Å²) < 4.78 is 15.8. The second kappa shape index (κ2) is 15.3. The van der Waals surface area contributed by atoms with Crippen LogP contribution >= 0.6 is 0 Å². The number of carbonyl (C=O) groups is 1. The van der Waals surface area contributed by atoms with Crippen molar-refractivity contribution in [3.05, 3.63) is 0 Å². The molecular formula is C21H44N4O4. The highest BCUT2D eigenvalue weighted by Gasteiger charge is 2.22. The summed E-state index contributed by atoms with van der Waals surface area (Å²) in [5.74, 6) is 1.16. The lowest BCUT2D eigenvalue weighted by molar-refractivity contribution is 0.0485. The number of rotatable bonds is 13. The number of unbranched alkanes of at least 4 members (excludes halogenated alkanes) is 1. The van der Waals surface area contributed by atoms with Gasteiger partial charge in [-0.25, -0.2) is 4.79 Å². The lowest BCUT2D eigenvalue weighted by atomic mass is 10.0. The largest absolute Gasteiger partial charge is 0.444 e. The third-order valence-electron chi connectivity index (χ3n) is 4.29. The number of nitrogens with zero attached hydrogens (tertiary/aromatic N) is 2. The number of alkyl carbamates (subject to hydrolysis) is 1. The first-order valence-corrected chi connectivity index (χ1v) is 10.6. The van der Waals surface area contributed by atoms with Crippen molar-refractivity contribution in [2.45, 2.75) is 65.5 Å². The molecule has 0 saturated carbocycles. The smallest absolute Gasteiger partial charge is 0.407 e. The van der Waals surface area contributed by atoms with Gasteiger partial charge in [-0.1, -0.05) is 13.8 Å². The van der Waals surface area contributed by atoms with Crippen molar-refractivity contribution in [2.24, 2.45) is 10.9 Å². The van der Waals surface area contributed by atoms with Crippen molar-refractivity contribution < 1.29 is 19.0 Å². The molecule has 0 radical (unpaired) electrons. The van der Waals surface area contributed by atoms with Crippen molar-refractivity contribution in [2.75, 3.05) is 54.1 Å². The highest BCUT2D eigenvalue weighted by molar-refractivity contribution is 5.79. The van der Waals surface area contributed by atoms with Crippen molar-refractivity contribution in [1.82, 2.24) is 15.5 Å². The molecule has 0 fully saturated rings. The Labute approximate surface area is 177 Å². The van der Waals surface area contributed by atoms with Crippen LogP contribution in [0.2, 0.25) is 0 Å². The van der Waals surface area contributed by atoms with Crippen LogP contribution in [0, 0.1) is 5.92 Å². The van der Waals surface area contributed by atoms with Crippen LogP contribution in [0.25, 0.3) is 0 Å². The fraction of sp³-hybridized carbons (Fsp3) is 0.905. The molecule has 0 aromatic heterocycles. The van der Waals surface area contributed by atoms with E-state index in [1.165, 1.54) is 0 Å². The van der Waals surface area contributed by atoms with Crippen LogP contribution in [-0.4, -0.2) is 82.7 Å². The Kier molecular flexibility index (Phi) is 14.5. The number of guanidine groups is 1. The minimum Gasteiger partial charge on any atom is -0.444 e. The molecule has 172 valence electrons. The Morgan fingerprint density at radius 1 is 1.14 bits per heavy atom. The fourth-order valence-corrected chi connectivity index (χ4v) is 2.63. The second-order valence-electron chi connectivity index (χ2n) is 8.49. The van der Waals surface area contributed by atoms with E-state index in [1.807, 2.05) is 27.8 Å². The van der Waals surface area contributed by atoms with E-state index in [1.54, 1.807) is 14.2 Å². The molecular weight excluding hydrogens is 372 g/mol. The Bertz CT molecular complexity index is 464. The zero-order valence-electron chi connectivity index (χ0n) is 19.8. The Morgan fingerprint density at radius 2 is 1.83 bits per heavy atom. The summed E-state index contributed by atoms with van der Waals surface area (Å²) in [6.07, 6.45) is 2.44. The van der Waals surface area contributed by atoms with Gasteiger partial charge in [-0.2, -0.15) is 0 Å². The third kappa shape index (κ3) is 15.0.